The van der Waals surface area contributed by atoms with Gasteiger partial charge in [0.25, 0.3) is 0 Å². The van der Waals surface area contributed by atoms with Crippen molar-refractivity contribution >= 4 is 17.5 Å². The van der Waals surface area contributed by atoms with Crippen LogP contribution in [0.4, 0.5) is 0 Å². The molecule has 2 unspecified atom stereocenters. The van der Waals surface area contributed by atoms with Gasteiger partial charge in [0.2, 0.25) is 5.91 Å². The summed E-state index contributed by atoms with van der Waals surface area (Å²) in [5, 5.41) is 0. The van der Waals surface area contributed by atoms with Gasteiger partial charge in [-0.15, -0.1) is 11.6 Å². The second-order valence-corrected chi connectivity index (χ2v) is 5.79. The van der Waals surface area contributed by atoms with E-state index in [4.69, 9.17) is 16.3 Å². The second-order valence-electron chi connectivity index (χ2n) is 5.07. The summed E-state index contributed by atoms with van der Waals surface area (Å²) in [6, 6.07) is 0. The average molecular weight is 246 g/mol. The van der Waals surface area contributed by atoms with E-state index in [0.29, 0.717) is 32.2 Å². The van der Waals surface area contributed by atoms with Gasteiger partial charge in [0.1, 0.15) is 4.87 Å². The molecule has 0 spiro atoms. The van der Waals surface area contributed by atoms with Crippen LogP contribution in [0.25, 0.3) is 0 Å². The van der Waals surface area contributed by atoms with Crippen LogP contribution in [0.1, 0.15) is 32.6 Å². The van der Waals surface area contributed by atoms with E-state index in [2.05, 4.69) is 6.92 Å². The Kier molecular flexibility index (Phi) is 3.75. The molecule has 2 aliphatic rings. The lowest BCUT2D eigenvalue weighted by molar-refractivity contribution is -0.139. The average Bonchev–Trinajstić information content (AvgIpc) is 2.29. The lowest BCUT2D eigenvalue weighted by Crippen LogP contribution is -2.51. The van der Waals surface area contributed by atoms with Crippen molar-refractivity contribution in [2.75, 3.05) is 26.3 Å². The third-order valence-electron chi connectivity index (χ3n) is 3.62. The second kappa shape index (κ2) is 4.92. The van der Waals surface area contributed by atoms with Gasteiger partial charge in [-0.05, 0) is 18.8 Å². The van der Waals surface area contributed by atoms with Crippen LogP contribution in [-0.2, 0) is 9.53 Å². The summed E-state index contributed by atoms with van der Waals surface area (Å²) in [7, 11) is 0. The molecule has 16 heavy (non-hydrogen) atoms. The predicted molar refractivity (Wildman–Crippen MR) is 63.6 cm³/mol. The number of hydrogen-bond acceptors (Lipinski definition) is 2. The van der Waals surface area contributed by atoms with E-state index < -0.39 is 4.87 Å². The summed E-state index contributed by atoms with van der Waals surface area (Å²) < 4.78 is 5.25. The van der Waals surface area contributed by atoms with Crippen molar-refractivity contribution in [2.45, 2.75) is 37.5 Å². The summed E-state index contributed by atoms with van der Waals surface area (Å²) in [4.78, 5) is 13.6. The van der Waals surface area contributed by atoms with E-state index in [9.17, 15) is 4.79 Å². The lowest BCUT2D eigenvalue weighted by atomic mass is 9.81. The molecule has 0 radical (unpaired) electrons. The van der Waals surface area contributed by atoms with Gasteiger partial charge in [-0.2, -0.15) is 0 Å². The van der Waals surface area contributed by atoms with Crippen LogP contribution in [0.3, 0.4) is 0 Å². The van der Waals surface area contributed by atoms with Crippen LogP contribution in [0.5, 0.6) is 0 Å². The molecule has 1 amide bonds. The molecule has 2 rings (SSSR count). The van der Waals surface area contributed by atoms with Gasteiger partial charge >= 0.3 is 0 Å². The van der Waals surface area contributed by atoms with Crippen LogP contribution >= 0.6 is 11.6 Å². The molecule has 1 aliphatic carbocycles. The van der Waals surface area contributed by atoms with Crippen LogP contribution in [0.2, 0.25) is 0 Å². The van der Waals surface area contributed by atoms with Crippen molar-refractivity contribution in [1.29, 1.82) is 0 Å². The molecule has 0 N–H and O–H groups in total. The SMILES string of the molecule is CC1CCCC(Cl)(C(=O)N2CCOCC2)C1. The van der Waals surface area contributed by atoms with Crippen LogP contribution in [0, 0.1) is 5.92 Å². The summed E-state index contributed by atoms with van der Waals surface area (Å²) in [5.41, 5.74) is 0. The van der Waals surface area contributed by atoms with E-state index in [1.165, 1.54) is 6.42 Å². The smallest absolute Gasteiger partial charge is 0.243 e. The largest absolute Gasteiger partial charge is 0.378 e. The summed E-state index contributed by atoms with van der Waals surface area (Å²) >= 11 is 6.52. The Balaban J connectivity index is 2.01. The van der Waals surface area contributed by atoms with Crippen molar-refractivity contribution in [3.63, 3.8) is 0 Å². The molecule has 4 heteroatoms. The van der Waals surface area contributed by atoms with Gasteiger partial charge in [-0.1, -0.05) is 19.8 Å². The van der Waals surface area contributed by atoms with Gasteiger partial charge < -0.3 is 9.64 Å². The van der Waals surface area contributed by atoms with Crippen molar-refractivity contribution in [2.24, 2.45) is 5.92 Å². The van der Waals surface area contributed by atoms with Crippen molar-refractivity contribution in [3.8, 4) is 0 Å². The maximum absolute atomic E-state index is 12.4. The Morgan fingerprint density at radius 2 is 2.12 bits per heavy atom. The highest BCUT2D eigenvalue weighted by atomic mass is 35.5. The molecule has 92 valence electrons. The van der Waals surface area contributed by atoms with E-state index in [-0.39, 0.29) is 5.91 Å². The molecule has 1 aliphatic heterocycles. The van der Waals surface area contributed by atoms with Gasteiger partial charge in [0, 0.05) is 13.1 Å². The Morgan fingerprint density at radius 1 is 1.44 bits per heavy atom. The molecular formula is C12H20ClNO2. The minimum Gasteiger partial charge on any atom is -0.378 e. The zero-order chi connectivity index (χ0) is 11.6. The molecule has 0 bridgehead atoms. The number of rotatable bonds is 1. The summed E-state index contributed by atoms with van der Waals surface area (Å²) in [5.74, 6) is 0.695. The minimum atomic E-state index is -0.630. The van der Waals surface area contributed by atoms with Crippen LogP contribution in [-0.4, -0.2) is 42.0 Å². The zero-order valence-electron chi connectivity index (χ0n) is 9.88. The first-order valence-electron chi connectivity index (χ1n) is 6.18. The molecule has 0 aromatic rings. The molecular weight excluding hydrogens is 226 g/mol. The monoisotopic (exact) mass is 245 g/mol. The maximum atomic E-state index is 12.4. The van der Waals surface area contributed by atoms with Crippen LogP contribution in [0.15, 0.2) is 0 Å². The number of amides is 1. The highest BCUT2D eigenvalue weighted by Gasteiger charge is 2.42. The zero-order valence-corrected chi connectivity index (χ0v) is 10.6. The Bertz CT molecular complexity index is 266. The van der Waals surface area contributed by atoms with Crippen molar-refractivity contribution < 1.29 is 9.53 Å². The highest BCUT2D eigenvalue weighted by molar-refractivity contribution is 6.34. The lowest BCUT2D eigenvalue weighted by Gasteiger charge is -2.38. The normalized spacial score (nSPS) is 36.1. The Morgan fingerprint density at radius 3 is 2.75 bits per heavy atom. The maximum Gasteiger partial charge on any atom is 0.243 e. The first kappa shape index (κ1) is 12.2. The number of halogens is 1. The van der Waals surface area contributed by atoms with Crippen LogP contribution < -0.4 is 0 Å². The highest BCUT2D eigenvalue weighted by Crippen LogP contribution is 2.38. The van der Waals surface area contributed by atoms with Gasteiger partial charge in [0.15, 0.2) is 0 Å². The first-order chi connectivity index (χ1) is 7.62. The topological polar surface area (TPSA) is 29.5 Å². The summed E-state index contributed by atoms with van der Waals surface area (Å²) in [6.45, 7) is 4.87. The third-order valence-corrected chi connectivity index (χ3v) is 4.13. The predicted octanol–water partition coefficient (Wildman–Crippen LogP) is 2.03. The third kappa shape index (κ3) is 2.51. The van der Waals surface area contributed by atoms with Crippen molar-refractivity contribution in [1.82, 2.24) is 4.90 Å². The molecule has 0 aromatic heterocycles. The molecule has 3 nitrogen and oxygen atoms in total. The summed E-state index contributed by atoms with van der Waals surface area (Å²) in [6.07, 6.45) is 3.92. The fraction of sp³-hybridized carbons (Fsp3) is 0.917. The molecule has 1 saturated heterocycles. The minimum absolute atomic E-state index is 0.129. The number of ether oxygens (including phenoxy) is 1. The fourth-order valence-electron chi connectivity index (χ4n) is 2.73. The van der Waals surface area contributed by atoms with E-state index in [0.717, 1.165) is 19.3 Å². The number of morpholine rings is 1. The Hall–Kier alpha value is -0.280. The fourth-order valence-corrected chi connectivity index (χ4v) is 3.25. The van der Waals surface area contributed by atoms with Gasteiger partial charge in [-0.25, -0.2) is 0 Å². The Labute approximate surface area is 102 Å². The van der Waals surface area contributed by atoms with Gasteiger partial charge in [-0.3, -0.25) is 4.79 Å². The van der Waals surface area contributed by atoms with E-state index in [1.54, 1.807) is 0 Å². The molecule has 1 saturated carbocycles. The number of hydrogen-bond donors (Lipinski definition) is 0. The molecule has 0 aromatic carbocycles. The number of alkyl halides is 1. The quantitative estimate of drug-likeness (QED) is 0.662. The number of carbonyl (C=O) groups is 1. The van der Waals surface area contributed by atoms with Gasteiger partial charge in [0.05, 0.1) is 13.2 Å². The molecule has 2 fully saturated rings. The first-order valence-corrected chi connectivity index (χ1v) is 6.56. The molecule has 2 atom stereocenters. The molecule has 1 heterocycles. The number of carbonyl (C=O) groups excluding carboxylic acids is 1. The van der Waals surface area contributed by atoms with E-state index in [1.807, 2.05) is 4.90 Å². The van der Waals surface area contributed by atoms with Crippen molar-refractivity contribution in [3.05, 3.63) is 0 Å². The standard InChI is InChI=1S/C12H20ClNO2/c1-10-3-2-4-12(13,9-10)11(15)14-5-7-16-8-6-14/h10H,2-9H2,1H3. The van der Waals surface area contributed by atoms with E-state index >= 15 is 0 Å². The number of nitrogens with zero attached hydrogens (tertiary/aromatic N) is 1.